The maximum absolute atomic E-state index is 10.8. The molecule has 0 amide bonds. The number of carboxylic acids is 1. The molecule has 5 heteroatoms. The molecule has 0 fully saturated rings. The van der Waals surface area contributed by atoms with Crippen LogP contribution in [-0.4, -0.2) is 36.2 Å². The monoisotopic (exact) mass is 262 g/mol. The highest BCUT2D eigenvalue weighted by atomic mass is 16.5. The Morgan fingerprint density at radius 3 is 2.79 bits per heavy atom. The summed E-state index contributed by atoms with van der Waals surface area (Å²) in [6.45, 7) is 3.27. The molecule has 0 spiro atoms. The maximum atomic E-state index is 10.8. The molecule has 19 heavy (non-hydrogen) atoms. The van der Waals surface area contributed by atoms with Crippen LogP contribution in [0.25, 0.3) is 0 Å². The van der Waals surface area contributed by atoms with Crippen LogP contribution in [0.3, 0.4) is 0 Å². The predicted molar refractivity (Wildman–Crippen MR) is 70.9 cm³/mol. The first-order chi connectivity index (χ1) is 9.10. The van der Waals surface area contributed by atoms with Gasteiger partial charge in [-0.05, 0) is 30.7 Å². The van der Waals surface area contributed by atoms with Crippen molar-refractivity contribution in [1.29, 1.82) is 5.26 Å². The van der Waals surface area contributed by atoms with Crippen LogP contribution in [0.2, 0.25) is 0 Å². The van der Waals surface area contributed by atoms with E-state index >= 15 is 0 Å². The van der Waals surface area contributed by atoms with Crippen LogP contribution in [0.1, 0.15) is 24.5 Å². The van der Waals surface area contributed by atoms with E-state index < -0.39 is 5.97 Å². The SMILES string of the molecule is CCCN(CC(=O)O)Cc1ccc(C#N)c(OC)c1. The summed E-state index contributed by atoms with van der Waals surface area (Å²) in [5, 5.41) is 17.8. The number of ether oxygens (including phenoxy) is 1. The van der Waals surface area contributed by atoms with Crippen LogP contribution in [0.5, 0.6) is 5.75 Å². The van der Waals surface area contributed by atoms with Gasteiger partial charge in [-0.15, -0.1) is 0 Å². The second-order valence-electron chi connectivity index (χ2n) is 4.25. The molecular weight excluding hydrogens is 244 g/mol. The summed E-state index contributed by atoms with van der Waals surface area (Å²) in [5.41, 5.74) is 1.41. The van der Waals surface area contributed by atoms with Crippen molar-refractivity contribution < 1.29 is 14.6 Å². The molecule has 0 radical (unpaired) electrons. The van der Waals surface area contributed by atoms with E-state index in [0.29, 0.717) is 24.4 Å². The fourth-order valence-electron chi connectivity index (χ4n) is 1.91. The third kappa shape index (κ3) is 4.60. The largest absolute Gasteiger partial charge is 0.495 e. The van der Waals surface area contributed by atoms with Crippen LogP contribution >= 0.6 is 0 Å². The molecule has 0 saturated carbocycles. The number of carbonyl (C=O) groups is 1. The zero-order valence-corrected chi connectivity index (χ0v) is 11.2. The molecule has 0 aliphatic carbocycles. The van der Waals surface area contributed by atoms with Gasteiger partial charge >= 0.3 is 5.97 Å². The van der Waals surface area contributed by atoms with E-state index in [0.717, 1.165) is 12.0 Å². The van der Waals surface area contributed by atoms with E-state index in [-0.39, 0.29) is 6.54 Å². The van der Waals surface area contributed by atoms with E-state index in [9.17, 15) is 4.79 Å². The molecule has 1 rings (SSSR count). The number of hydrogen-bond acceptors (Lipinski definition) is 4. The van der Waals surface area contributed by atoms with Crippen molar-refractivity contribution in [3.05, 3.63) is 29.3 Å². The summed E-state index contributed by atoms with van der Waals surface area (Å²) in [6.07, 6.45) is 0.890. The minimum absolute atomic E-state index is 0.0101. The molecule has 1 N–H and O–H groups in total. The topological polar surface area (TPSA) is 73.6 Å². The Bertz CT molecular complexity index is 480. The Morgan fingerprint density at radius 2 is 2.26 bits per heavy atom. The molecule has 102 valence electrons. The molecule has 1 aromatic rings. The van der Waals surface area contributed by atoms with Gasteiger partial charge in [0.1, 0.15) is 11.8 Å². The number of aliphatic carboxylic acids is 1. The Kier molecular flexibility index (Phi) is 5.83. The highest BCUT2D eigenvalue weighted by Gasteiger charge is 2.11. The Hall–Kier alpha value is -2.06. The molecule has 1 aromatic carbocycles. The number of benzene rings is 1. The van der Waals surface area contributed by atoms with E-state index in [2.05, 4.69) is 6.07 Å². The van der Waals surface area contributed by atoms with E-state index in [1.165, 1.54) is 7.11 Å². The zero-order chi connectivity index (χ0) is 14.3. The van der Waals surface area contributed by atoms with Gasteiger partial charge in [0, 0.05) is 6.54 Å². The van der Waals surface area contributed by atoms with E-state index in [4.69, 9.17) is 15.1 Å². The summed E-state index contributed by atoms with van der Waals surface area (Å²) in [5.74, 6) is -0.319. The van der Waals surface area contributed by atoms with E-state index in [1.54, 1.807) is 12.1 Å². The van der Waals surface area contributed by atoms with Crippen LogP contribution in [0, 0.1) is 11.3 Å². The summed E-state index contributed by atoms with van der Waals surface area (Å²) < 4.78 is 5.14. The minimum Gasteiger partial charge on any atom is -0.495 e. The minimum atomic E-state index is -0.839. The smallest absolute Gasteiger partial charge is 0.317 e. The summed E-state index contributed by atoms with van der Waals surface area (Å²) in [7, 11) is 1.51. The molecule has 0 aromatic heterocycles. The molecular formula is C14H18N2O3. The lowest BCUT2D eigenvalue weighted by Gasteiger charge is -2.19. The summed E-state index contributed by atoms with van der Waals surface area (Å²) >= 11 is 0. The van der Waals surface area contributed by atoms with Crippen molar-refractivity contribution in [2.24, 2.45) is 0 Å². The summed E-state index contributed by atoms with van der Waals surface area (Å²) in [4.78, 5) is 12.6. The highest BCUT2D eigenvalue weighted by Crippen LogP contribution is 2.20. The molecule has 0 aliphatic heterocycles. The van der Waals surface area contributed by atoms with Crippen LogP contribution < -0.4 is 4.74 Å². The van der Waals surface area contributed by atoms with Gasteiger partial charge in [0.05, 0.1) is 19.2 Å². The van der Waals surface area contributed by atoms with Crippen LogP contribution in [-0.2, 0) is 11.3 Å². The average Bonchev–Trinajstić information content (AvgIpc) is 2.38. The van der Waals surface area contributed by atoms with Gasteiger partial charge in [-0.25, -0.2) is 0 Å². The number of rotatable bonds is 7. The fourth-order valence-corrected chi connectivity index (χ4v) is 1.91. The van der Waals surface area contributed by atoms with Crippen LogP contribution in [0.4, 0.5) is 0 Å². The lowest BCUT2D eigenvalue weighted by molar-refractivity contribution is -0.138. The highest BCUT2D eigenvalue weighted by molar-refractivity contribution is 5.69. The second-order valence-corrected chi connectivity index (χ2v) is 4.25. The lowest BCUT2D eigenvalue weighted by atomic mass is 10.1. The van der Waals surface area contributed by atoms with Crippen molar-refractivity contribution in [1.82, 2.24) is 4.90 Å². The summed E-state index contributed by atoms with van der Waals surface area (Å²) in [6, 6.07) is 7.35. The predicted octanol–water partition coefficient (Wildman–Crippen LogP) is 1.86. The van der Waals surface area contributed by atoms with Crippen molar-refractivity contribution in [3.8, 4) is 11.8 Å². The molecule has 0 atom stereocenters. The number of nitriles is 1. The zero-order valence-electron chi connectivity index (χ0n) is 11.2. The van der Waals surface area contributed by atoms with Crippen molar-refractivity contribution >= 4 is 5.97 Å². The van der Waals surface area contributed by atoms with Gasteiger partial charge in [-0.3, -0.25) is 9.69 Å². The first-order valence-corrected chi connectivity index (χ1v) is 6.11. The quantitative estimate of drug-likeness (QED) is 0.812. The number of hydrogen-bond donors (Lipinski definition) is 1. The first-order valence-electron chi connectivity index (χ1n) is 6.11. The lowest BCUT2D eigenvalue weighted by Crippen LogP contribution is -2.30. The fraction of sp³-hybridized carbons (Fsp3) is 0.429. The number of carboxylic acid groups (broad SMARTS) is 1. The molecule has 5 nitrogen and oxygen atoms in total. The van der Waals surface area contributed by atoms with Crippen molar-refractivity contribution in [3.63, 3.8) is 0 Å². The van der Waals surface area contributed by atoms with Crippen molar-refractivity contribution in [2.75, 3.05) is 20.2 Å². The average molecular weight is 262 g/mol. The maximum Gasteiger partial charge on any atom is 0.317 e. The van der Waals surface area contributed by atoms with Gasteiger partial charge in [-0.1, -0.05) is 13.0 Å². The third-order valence-electron chi connectivity index (χ3n) is 2.69. The second kappa shape index (κ2) is 7.39. The molecule has 0 bridgehead atoms. The van der Waals surface area contributed by atoms with Gasteiger partial charge in [0.2, 0.25) is 0 Å². The number of methoxy groups -OCH3 is 1. The Balaban J connectivity index is 2.84. The Labute approximate surface area is 113 Å². The van der Waals surface area contributed by atoms with Gasteiger partial charge < -0.3 is 9.84 Å². The molecule has 0 heterocycles. The first kappa shape index (κ1) is 15.0. The standard InChI is InChI=1S/C14H18N2O3/c1-3-6-16(10-14(17)18)9-11-4-5-12(8-15)13(7-11)19-2/h4-5,7H,3,6,9-10H2,1-2H3,(H,17,18). The van der Waals surface area contributed by atoms with Gasteiger partial charge in [0.15, 0.2) is 0 Å². The third-order valence-corrected chi connectivity index (χ3v) is 2.69. The Morgan fingerprint density at radius 1 is 1.53 bits per heavy atom. The normalized spacial score (nSPS) is 10.2. The molecule has 0 aliphatic rings. The van der Waals surface area contributed by atoms with Crippen LogP contribution in [0.15, 0.2) is 18.2 Å². The van der Waals surface area contributed by atoms with Crippen molar-refractivity contribution in [2.45, 2.75) is 19.9 Å². The van der Waals surface area contributed by atoms with Gasteiger partial charge in [-0.2, -0.15) is 5.26 Å². The van der Waals surface area contributed by atoms with E-state index in [1.807, 2.05) is 17.9 Å². The molecule has 0 saturated heterocycles. The molecule has 0 unspecified atom stereocenters. The number of nitrogens with zero attached hydrogens (tertiary/aromatic N) is 2. The van der Waals surface area contributed by atoms with Gasteiger partial charge in [0.25, 0.3) is 0 Å².